The summed E-state index contributed by atoms with van der Waals surface area (Å²) in [5.41, 5.74) is 4.70. The number of rotatable bonds is 5. The fourth-order valence-corrected chi connectivity index (χ4v) is 7.49. The van der Waals surface area contributed by atoms with Crippen LogP contribution in [0.25, 0.3) is 11.3 Å². The maximum atomic E-state index is 14.6. The van der Waals surface area contributed by atoms with Crippen LogP contribution in [-0.2, 0) is 16.6 Å². The summed E-state index contributed by atoms with van der Waals surface area (Å²) < 4.78 is 30.6. The molecule has 0 atom stereocenters. The van der Waals surface area contributed by atoms with Crippen molar-refractivity contribution in [1.29, 1.82) is 0 Å². The number of sulfonamides is 1. The first-order valence-corrected chi connectivity index (χ1v) is 15.1. The van der Waals surface area contributed by atoms with Gasteiger partial charge < -0.3 is 5.11 Å². The van der Waals surface area contributed by atoms with Crippen LogP contribution >= 0.6 is 0 Å². The quantitative estimate of drug-likeness (QED) is 0.244. The molecule has 1 N–H and O–H groups in total. The van der Waals surface area contributed by atoms with E-state index in [-0.39, 0.29) is 17.2 Å². The van der Waals surface area contributed by atoms with Gasteiger partial charge in [-0.1, -0.05) is 84.9 Å². The van der Waals surface area contributed by atoms with Crippen LogP contribution in [0, 0.1) is 0 Å². The molecule has 7 nitrogen and oxygen atoms in total. The first-order chi connectivity index (χ1) is 20.8. The van der Waals surface area contributed by atoms with Gasteiger partial charge in [-0.2, -0.15) is 0 Å². The number of aromatic hydroxyl groups is 1. The number of hydrogen-bond donors (Lipinski definition) is 1. The summed E-state index contributed by atoms with van der Waals surface area (Å²) >= 11 is 0. The summed E-state index contributed by atoms with van der Waals surface area (Å²) in [5.74, 6) is -0.818. The number of carbonyl (C=O) groups excluding carboxylic acids is 2. The van der Waals surface area contributed by atoms with Gasteiger partial charge in [0.25, 0.3) is 21.8 Å². The van der Waals surface area contributed by atoms with Gasteiger partial charge in [0.15, 0.2) is 0 Å². The van der Waals surface area contributed by atoms with Gasteiger partial charge in [0.2, 0.25) is 0 Å². The normalized spacial score (nSPS) is 15.4. The Kier molecular flexibility index (Phi) is 6.22. The van der Waals surface area contributed by atoms with E-state index in [0.717, 1.165) is 10.5 Å². The second-order valence-corrected chi connectivity index (χ2v) is 12.1. The Morgan fingerprint density at radius 2 is 1.16 bits per heavy atom. The zero-order valence-electron chi connectivity index (χ0n) is 22.7. The lowest BCUT2D eigenvalue weighted by Crippen LogP contribution is -2.35. The van der Waals surface area contributed by atoms with Gasteiger partial charge >= 0.3 is 0 Å². The molecule has 43 heavy (non-hydrogen) atoms. The van der Waals surface area contributed by atoms with Crippen molar-refractivity contribution in [2.24, 2.45) is 0 Å². The van der Waals surface area contributed by atoms with Gasteiger partial charge in [0.05, 0.1) is 34.0 Å². The van der Waals surface area contributed by atoms with Gasteiger partial charge in [-0.15, -0.1) is 0 Å². The molecule has 0 aromatic heterocycles. The second-order valence-electron chi connectivity index (χ2n) is 10.3. The SMILES string of the molecule is O=C1c2ccccc2C(=O)N1Cc1ccc2c(c1)S(=O)(=O)N(c1ccc(O)cc1)C(c1ccccc1)=C2c1ccccc1. The van der Waals surface area contributed by atoms with Crippen molar-refractivity contribution in [3.8, 4) is 5.75 Å². The van der Waals surface area contributed by atoms with E-state index in [1.165, 1.54) is 16.4 Å². The smallest absolute Gasteiger partial charge is 0.269 e. The van der Waals surface area contributed by atoms with Crippen molar-refractivity contribution < 1.29 is 23.1 Å². The van der Waals surface area contributed by atoms with Crippen LogP contribution in [-0.4, -0.2) is 30.2 Å². The lowest BCUT2D eigenvalue weighted by molar-refractivity contribution is 0.0642. The molecule has 0 radical (unpaired) electrons. The minimum atomic E-state index is -4.22. The molecule has 2 heterocycles. The van der Waals surface area contributed by atoms with Crippen LogP contribution in [0.15, 0.2) is 132 Å². The van der Waals surface area contributed by atoms with E-state index < -0.39 is 21.8 Å². The predicted octanol–water partition coefficient (Wildman–Crippen LogP) is 6.31. The van der Waals surface area contributed by atoms with Gasteiger partial charge in [-0.05, 0) is 59.2 Å². The largest absolute Gasteiger partial charge is 0.508 e. The zero-order chi connectivity index (χ0) is 29.7. The standard InChI is InChI=1S/C35H24N2O5S/c38-27-18-16-26(17-19-27)37-33(25-11-5-2-6-12-25)32(24-9-3-1-4-10-24)30-20-15-23(21-31(30)43(37,41)42)22-36-34(39)28-13-7-8-14-29(28)35(36)40/h1-21,38H,22H2. The zero-order valence-corrected chi connectivity index (χ0v) is 23.5. The average molecular weight is 585 g/mol. The Morgan fingerprint density at radius 3 is 1.77 bits per heavy atom. The molecule has 2 amide bonds. The fraction of sp³-hybridized carbons (Fsp3) is 0.0286. The Bertz CT molecular complexity index is 2020. The highest BCUT2D eigenvalue weighted by Gasteiger charge is 2.40. The van der Waals surface area contributed by atoms with Crippen molar-refractivity contribution in [2.75, 3.05) is 4.31 Å². The highest BCUT2D eigenvalue weighted by molar-refractivity contribution is 7.93. The molecule has 2 aliphatic heterocycles. The van der Waals surface area contributed by atoms with Gasteiger partial charge in [0, 0.05) is 11.1 Å². The molecule has 0 unspecified atom stereocenters. The third-order valence-corrected chi connectivity index (χ3v) is 9.45. The first kappa shape index (κ1) is 26.4. The van der Waals surface area contributed by atoms with Gasteiger partial charge in [-0.3, -0.25) is 14.5 Å². The summed E-state index contributed by atoms with van der Waals surface area (Å²) in [6, 6.07) is 36.6. The maximum Gasteiger partial charge on any atom is 0.269 e. The number of benzene rings is 5. The molecular formula is C35H24N2O5S. The third-order valence-electron chi connectivity index (χ3n) is 7.69. The highest BCUT2D eigenvalue weighted by Crippen LogP contribution is 2.47. The summed E-state index contributed by atoms with van der Waals surface area (Å²) in [4.78, 5) is 27.4. The number of carbonyl (C=O) groups is 2. The number of fused-ring (bicyclic) bond motifs is 2. The minimum Gasteiger partial charge on any atom is -0.508 e. The number of imide groups is 1. The topological polar surface area (TPSA) is 95.0 Å². The van der Waals surface area contributed by atoms with Crippen molar-refractivity contribution in [1.82, 2.24) is 4.90 Å². The summed E-state index contributed by atoms with van der Waals surface area (Å²) in [6.07, 6.45) is 0. The lowest BCUT2D eigenvalue weighted by Gasteiger charge is -2.35. The van der Waals surface area contributed by atoms with E-state index in [4.69, 9.17) is 0 Å². The van der Waals surface area contributed by atoms with E-state index in [0.29, 0.717) is 44.8 Å². The molecule has 0 fully saturated rings. The van der Waals surface area contributed by atoms with Crippen LogP contribution in [0.2, 0.25) is 0 Å². The van der Waals surface area contributed by atoms with E-state index >= 15 is 0 Å². The van der Waals surface area contributed by atoms with Gasteiger partial charge in [-0.25, -0.2) is 12.7 Å². The number of phenols is 1. The summed E-state index contributed by atoms with van der Waals surface area (Å²) in [7, 11) is -4.22. The number of nitrogens with zero attached hydrogens (tertiary/aromatic N) is 2. The first-order valence-electron chi connectivity index (χ1n) is 13.6. The average Bonchev–Trinajstić information content (AvgIpc) is 3.27. The number of amides is 2. The van der Waals surface area contributed by atoms with Crippen LogP contribution in [0.1, 0.15) is 43.0 Å². The van der Waals surface area contributed by atoms with E-state index in [2.05, 4.69) is 0 Å². The van der Waals surface area contributed by atoms with E-state index in [1.54, 1.807) is 54.6 Å². The molecule has 0 spiro atoms. The lowest BCUT2D eigenvalue weighted by atomic mass is 9.92. The molecule has 2 aliphatic rings. The fourth-order valence-electron chi connectivity index (χ4n) is 5.71. The molecule has 5 aromatic rings. The van der Waals surface area contributed by atoms with Gasteiger partial charge in [0.1, 0.15) is 5.75 Å². The molecule has 210 valence electrons. The third kappa shape index (κ3) is 4.31. The van der Waals surface area contributed by atoms with Crippen LogP contribution in [0.4, 0.5) is 5.69 Å². The Morgan fingerprint density at radius 1 is 0.605 bits per heavy atom. The van der Waals surface area contributed by atoms with Crippen LogP contribution < -0.4 is 4.31 Å². The second kappa shape index (κ2) is 10.1. The van der Waals surface area contributed by atoms with Crippen LogP contribution in [0.3, 0.4) is 0 Å². The molecular weight excluding hydrogens is 560 g/mol. The number of anilines is 1. The monoisotopic (exact) mass is 584 g/mol. The van der Waals surface area contributed by atoms with Crippen LogP contribution in [0.5, 0.6) is 5.75 Å². The summed E-state index contributed by atoms with van der Waals surface area (Å²) in [5, 5.41) is 10.00. The molecule has 7 rings (SSSR count). The Labute approximate surface area is 248 Å². The molecule has 8 heteroatoms. The molecule has 0 saturated carbocycles. The number of phenolic OH excluding ortho intramolecular Hbond substituents is 1. The summed E-state index contributed by atoms with van der Waals surface area (Å²) in [6.45, 7) is -0.0791. The van der Waals surface area contributed by atoms with Crippen molar-refractivity contribution >= 4 is 38.8 Å². The van der Waals surface area contributed by atoms with Crippen molar-refractivity contribution in [3.63, 3.8) is 0 Å². The Hall–Kier alpha value is -5.47. The van der Waals surface area contributed by atoms with Crippen molar-refractivity contribution in [3.05, 3.63) is 161 Å². The maximum absolute atomic E-state index is 14.6. The molecule has 0 bridgehead atoms. The number of hydrogen-bond acceptors (Lipinski definition) is 5. The van der Waals surface area contributed by atoms with E-state index in [1.807, 2.05) is 60.7 Å². The molecule has 0 aliphatic carbocycles. The highest BCUT2D eigenvalue weighted by atomic mass is 32.2. The predicted molar refractivity (Wildman–Crippen MR) is 164 cm³/mol. The Balaban J connectivity index is 1.45. The van der Waals surface area contributed by atoms with E-state index in [9.17, 15) is 23.1 Å². The molecule has 5 aromatic carbocycles. The molecule has 0 saturated heterocycles. The minimum absolute atomic E-state index is 0.00955. The van der Waals surface area contributed by atoms with Crippen molar-refractivity contribution in [2.45, 2.75) is 11.4 Å².